The van der Waals surface area contributed by atoms with E-state index in [1.807, 2.05) is 18.2 Å². The van der Waals surface area contributed by atoms with Gasteiger partial charge in [-0.1, -0.05) is 6.07 Å². The number of carbonyl (C=O) groups excluding carboxylic acids is 1. The highest BCUT2D eigenvalue weighted by Gasteiger charge is 2.22. The predicted molar refractivity (Wildman–Crippen MR) is 71.9 cm³/mol. The van der Waals surface area contributed by atoms with Crippen molar-refractivity contribution >= 4 is 5.91 Å². The van der Waals surface area contributed by atoms with Gasteiger partial charge in [-0.3, -0.25) is 9.78 Å². The maximum absolute atomic E-state index is 12.0. The molecule has 2 aromatic heterocycles. The fourth-order valence-corrected chi connectivity index (χ4v) is 2.21. The Hall–Kier alpha value is -2.21. The van der Waals surface area contributed by atoms with E-state index in [9.17, 15) is 4.79 Å². The highest BCUT2D eigenvalue weighted by atomic mass is 16.3. The summed E-state index contributed by atoms with van der Waals surface area (Å²) in [7, 11) is 0. The Morgan fingerprint density at radius 1 is 1.50 bits per heavy atom. The monoisotopic (exact) mass is 272 g/mol. The van der Waals surface area contributed by atoms with Crippen LogP contribution in [0.1, 0.15) is 41.0 Å². The van der Waals surface area contributed by atoms with Gasteiger partial charge in [0.1, 0.15) is 6.26 Å². The van der Waals surface area contributed by atoms with Crippen LogP contribution in [0.2, 0.25) is 0 Å². The molecule has 0 bridgehead atoms. The number of rotatable bonds is 4. The number of aromatic nitrogens is 2. The molecule has 2 aromatic rings. The molecule has 1 unspecified atom stereocenters. The summed E-state index contributed by atoms with van der Waals surface area (Å²) in [6.45, 7) is 1.35. The molecular weight excluding hydrogens is 256 g/mol. The number of hydrogen-bond donors (Lipinski definition) is 2. The Morgan fingerprint density at radius 2 is 2.45 bits per heavy atom. The molecule has 0 spiro atoms. The minimum atomic E-state index is -0.247. The van der Waals surface area contributed by atoms with Crippen molar-refractivity contribution in [1.29, 1.82) is 0 Å². The number of pyridine rings is 1. The van der Waals surface area contributed by atoms with E-state index in [1.165, 1.54) is 6.26 Å². The molecule has 3 heterocycles. The second-order valence-corrected chi connectivity index (χ2v) is 4.72. The first-order valence-corrected chi connectivity index (χ1v) is 6.70. The van der Waals surface area contributed by atoms with Gasteiger partial charge >= 0.3 is 0 Å². The molecule has 1 fully saturated rings. The van der Waals surface area contributed by atoms with Crippen LogP contribution in [0.25, 0.3) is 0 Å². The summed E-state index contributed by atoms with van der Waals surface area (Å²) < 4.78 is 5.37. The van der Waals surface area contributed by atoms with Crippen molar-refractivity contribution in [3.05, 3.63) is 47.9 Å². The van der Waals surface area contributed by atoms with Gasteiger partial charge in [0.05, 0.1) is 18.3 Å². The molecule has 6 heteroatoms. The van der Waals surface area contributed by atoms with E-state index in [0.717, 1.165) is 25.1 Å². The zero-order chi connectivity index (χ0) is 13.8. The SMILES string of the molecule is O=C(NCc1ccccn1)c1coc(C2CCCN2)n1. The number of hydrogen-bond acceptors (Lipinski definition) is 5. The summed E-state index contributed by atoms with van der Waals surface area (Å²) in [5.74, 6) is 0.342. The minimum absolute atomic E-state index is 0.132. The average molecular weight is 272 g/mol. The van der Waals surface area contributed by atoms with Gasteiger partial charge in [-0.05, 0) is 31.5 Å². The fourth-order valence-electron chi connectivity index (χ4n) is 2.21. The summed E-state index contributed by atoms with van der Waals surface area (Å²) in [6, 6.07) is 5.71. The molecule has 0 saturated carbocycles. The molecule has 3 rings (SSSR count). The molecule has 1 saturated heterocycles. The van der Waals surface area contributed by atoms with Gasteiger partial charge in [-0.2, -0.15) is 0 Å². The Labute approximate surface area is 116 Å². The zero-order valence-corrected chi connectivity index (χ0v) is 11.0. The number of carbonyl (C=O) groups is 1. The van der Waals surface area contributed by atoms with E-state index < -0.39 is 0 Å². The van der Waals surface area contributed by atoms with Gasteiger partial charge in [0, 0.05) is 6.20 Å². The maximum atomic E-state index is 12.0. The van der Waals surface area contributed by atoms with Crippen LogP contribution in [0.15, 0.2) is 35.1 Å². The first kappa shape index (κ1) is 12.8. The smallest absolute Gasteiger partial charge is 0.273 e. The number of nitrogens with zero attached hydrogens (tertiary/aromatic N) is 2. The standard InChI is InChI=1S/C14H16N4O2/c19-13(17-8-10-4-1-2-6-15-10)12-9-20-14(18-12)11-5-3-7-16-11/h1-2,4,6,9,11,16H,3,5,7-8H2,(H,17,19). The van der Waals surface area contributed by atoms with Crippen LogP contribution in [-0.4, -0.2) is 22.4 Å². The normalized spacial score (nSPS) is 18.1. The molecule has 1 aliphatic rings. The lowest BCUT2D eigenvalue weighted by molar-refractivity contribution is 0.0945. The van der Waals surface area contributed by atoms with E-state index >= 15 is 0 Å². The first-order valence-electron chi connectivity index (χ1n) is 6.70. The Bertz CT molecular complexity index is 576. The van der Waals surface area contributed by atoms with Crippen molar-refractivity contribution in [3.63, 3.8) is 0 Å². The highest BCUT2D eigenvalue weighted by Crippen LogP contribution is 2.22. The lowest BCUT2D eigenvalue weighted by Gasteiger charge is -2.03. The third-order valence-electron chi connectivity index (χ3n) is 3.27. The van der Waals surface area contributed by atoms with Crippen LogP contribution >= 0.6 is 0 Å². The zero-order valence-electron chi connectivity index (χ0n) is 11.0. The van der Waals surface area contributed by atoms with E-state index in [1.54, 1.807) is 6.20 Å². The first-order chi connectivity index (χ1) is 9.83. The van der Waals surface area contributed by atoms with Crippen molar-refractivity contribution in [1.82, 2.24) is 20.6 Å². The third-order valence-corrected chi connectivity index (χ3v) is 3.27. The Kier molecular flexibility index (Phi) is 3.73. The molecule has 0 radical (unpaired) electrons. The Morgan fingerprint density at radius 3 is 3.20 bits per heavy atom. The largest absolute Gasteiger partial charge is 0.446 e. The predicted octanol–water partition coefficient (Wildman–Crippen LogP) is 1.42. The van der Waals surface area contributed by atoms with Crippen LogP contribution in [-0.2, 0) is 6.54 Å². The van der Waals surface area contributed by atoms with E-state index in [-0.39, 0.29) is 11.9 Å². The molecule has 20 heavy (non-hydrogen) atoms. The molecule has 1 amide bonds. The molecule has 0 aromatic carbocycles. The Balaban J connectivity index is 1.59. The molecule has 0 aliphatic carbocycles. The molecule has 2 N–H and O–H groups in total. The van der Waals surface area contributed by atoms with Gasteiger partial charge in [0.2, 0.25) is 5.89 Å². The minimum Gasteiger partial charge on any atom is -0.446 e. The van der Waals surface area contributed by atoms with Gasteiger partial charge in [0.15, 0.2) is 5.69 Å². The highest BCUT2D eigenvalue weighted by molar-refractivity contribution is 5.91. The van der Waals surface area contributed by atoms with Crippen molar-refractivity contribution in [2.24, 2.45) is 0 Å². The molecular formula is C14H16N4O2. The van der Waals surface area contributed by atoms with Crippen LogP contribution < -0.4 is 10.6 Å². The summed E-state index contributed by atoms with van der Waals surface area (Å²) in [6.07, 6.45) is 5.20. The number of oxazole rings is 1. The van der Waals surface area contributed by atoms with Gasteiger partial charge < -0.3 is 15.1 Å². The third kappa shape index (κ3) is 2.85. The van der Waals surface area contributed by atoms with E-state index in [2.05, 4.69) is 20.6 Å². The van der Waals surface area contributed by atoms with Crippen molar-refractivity contribution < 1.29 is 9.21 Å². The summed E-state index contributed by atoms with van der Waals surface area (Å²) in [4.78, 5) is 20.4. The van der Waals surface area contributed by atoms with Gasteiger partial charge in [-0.15, -0.1) is 0 Å². The van der Waals surface area contributed by atoms with Gasteiger partial charge in [-0.25, -0.2) is 4.98 Å². The topological polar surface area (TPSA) is 80.0 Å². The van der Waals surface area contributed by atoms with Crippen LogP contribution in [0, 0.1) is 0 Å². The van der Waals surface area contributed by atoms with Gasteiger partial charge in [0.25, 0.3) is 5.91 Å². The summed E-state index contributed by atoms with van der Waals surface area (Å²) >= 11 is 0. The lowest BCUT2D eigenvalue weighted by atomic mass is 10.2. The van der Waals surface area contributed by atoms with Crippen LogP contribution in [0.3, 0.4) is 0 Å². The van der Waals surface area contributed by atoms with Crippen molar-refractivity contribution in [2.75, 3.05) is 6.54 Å². The lowest BCUT2D eigenvalue weighted by Crippen LogP contribution is -2.23. The quantitative estimate of drug-likeness (QED) is 0.880. The number of amides is 1. The fraction of sp³-hybridized carbons (Fsp3) is 0.357. The van der Waals surface area contributed by atoms with Crippen LogP contribution in [0.4, 0.5) is 0 Å². The molecule has 104 valence electrons. The average Bonchev–Trinajstić information content (AvgIpc) is 3.16. The molecule has 1 aliphatic heterocycles. The molecule has 1 atom stereocenters. The van der Waals surface area contributed by atoms with Crippen molar-refractivity contribution in [3.8, 4) is 0 Å². The van der Waals surface area contributed by atoms with E-state index in [0.29, 0.717) is 18.1 Å². The van der Waals surface area contributed by atoms with Crippen molar-refractivity contribution in [2.45, 2.75) is 25.4 Å². The second kappa shape index (κ2) is 5.83. The van der Waals surface area contributed by atoms with Crippen LogP contribution in [0.5, 0.6) is 0 Å². The number of nitrogens with one attached hydrogen (secondary N) is 2. The maximum Gasteiger partial charge on any atom is 0.273 e. The molecule has 6 nitrogen and oxygen atoms in total. The summed E-state index contributed by atoms with van der Waals surface area (Å²) in [5, 5.41) is 6.06. The van der Waals surface area contributed by atoms with E-state index in [4.69, 9.17) is 4.42 Å². The second-order valence-electron chi connectivity index (χ2n) is 4.72. The summed E-state index contributed by atoms with van der Waals surface area (Å²) in [5.41, 5.74) is 1.12.